The van der Waals surface area contributed by atoms with Crippen molar-refractivity contribution in [3.05, 3.63) is 0 Å². The van der Waals surface area contributed by atoms with Gasteiger partial charge in [0.15, 0.2) is 0 Å². The molecule has 0 bridgehead atoms. The lowest BCUT2D eigenvalue weighted by Crippen LogP contribution is -2.20. The average Bonchev–Trinajstić information content (AvgIpc) is 1.98. The first-order chi connectivity index (χ1) is 5.93. The van der Waals surface area contributed by atoms with Crippen molar-refractivity contribution < 1.29 is 25.1 Å². The number of rotatable bonds is 6. The smallest absolute Gasteiger partial charge is 0.454 e. The summed E-state index contributed by atoms with van der Waals surface area (Å²) < 4.78 is 0. The van der Waals surface area contributed by atoms with E-state index in [4.69, 9.17) is 20.3 Å². The van der Waals surface area contributed by atoms with Gasteiger partial charge < -0.3 is 20.3 Å². The van der Waals surface area contributed by atoms with E-state index in [1.165, 1.54) is 0 Å². The minimum absolute atomic E-state index is 0.269. The first kappa shape index (κ1) is 12.4. The van der Waals surface area contributed by atoms with E-state index in [9.17, 15) is 4.79 Å². The summed E-state index contributed by atoms with van der Waals surface area (Å²) in [6.07, 6.45) is -0.537. The number of aliphatic hydroxyl groups is 1. The van der Waals surface area contributed by atoms with Crippen molar-refractivity contribution in [3.8, 4) is 0 Å². The topological polar surface area (TPSA) is 98.0 Å². The lowest BCUT2D eigenvalue weighted by atomic mass is 9.71. The summed E-state index contributed by atoms with van der Waals surface area (Å²) in [6, 6.07) is 0. The fourth-order valence-electron chi connectivity index (χ4n) is 0.908. The van der Waals surface area contributed by atoms with Crippen LogP contribution in [0.25, 0.3) is 0 Å². The molecule has 4 N–H and O–H groups in total. The average molecular weight is 190 g/mol. The predicted octanol–water partition coefficient (Wildman–Crippen LogP) is -0.535. The molecule has 0 aliphatic carbocycles. The Balaban J connectivity index is 3.57. The summed E-state index contributed by atoms with van der Waals surface area (Å²) in [5.74, 6) is -1.40. The van der Waals surface area contributed by atoms with Crippen LogP contribution in [0, 0.1) is 0 Å². The highest BCUT2D eigenvalue weighted by molar-refractivity contribution is 6.42. The second kappa shape index (κ2) is 5.96. The zero-order valence-corrected chi connectivity index (χ0v) is 7.55. The number of carboxylic acids is 1. The van der Waals surface area contributed by atoms with Crippen LogP contribution in [-0.4, -0.2) is 39.5 Å². The standard InChI is InChI=1S/C7H15BO5/c1-5(8(12)13)2-3-6(9)4-7(10)11/h5-6,9,12-13H,2-4H2,1H3,(H,10,11). The second-order valence-corrected chi connectivity index (χ2v) is 3.22. The Hall–Kier alpha value is -0.585. The van der Waals surface area contributed by atoms with E-state index in [2.05, 4.69) is 0 Å². The second-order valence-electron chi connectivity index (χ2n) is 3.22. The Labute approximate surface area is 77.2 Å². The lowest BCUT2D eigenvalue weighted by molar-refractivity contribution is -0.139. The molecule has 13 heavy (non-hydrogen) atoms. The van der Waals surface area contributed by atoms with Gasteiger partial charge >= 0.3 is 13.1 Å². The minimum atomic E-state index is -1.41. The van der Waals surface area contributed by atoms with Crippen LogP contribution in [0.1, 0.15) is 26.2 Å². The number of hydrogen-bond acceptors (Lipinski definition) is 4. The monoisotopic (exact) mass is 190 g/mol. The summed E-state index contributed by atoms with van der Waals surface area (Å²) in [5, 5.41) is 34.8. The van der Waals surface area contributed by atoms with Gasteiger partial charge in [-0.2, -0.15) is 0 Å². The molecule has 0 rings (SSSR count). The van der Waals surface area contributed by atoms with Crippen molar-refractivity contribution in [2.75, 3.05) is 0 Å². The SMILES string of the molecule is CC(CCC(O)CC(=O)O)B(O)O. The van der Waals surface area contributed by atoms with Crippen LogP contribution in [0.3, 0.4) is 0 Å². The van der Waals surface area contributed by atoms with Gasteiger partial charge in [0.1, 0.15) is 0 Å². The Bertz CT molecular complexity index is 161. The van der Waals surface area contributed by atoms with E-state index in [1.54, 1.807) is 6.92 Å². The molecule has 6 heteroatoms. The highest BCUT2D eigenvalue weighted by Crippen LogP contribution is 2.15. The molecular formula is C7H15BO5. The van der Waals surface area contributed by atoms with Gasteiger partial charge in [-0.25, -0.2) is 0 Å². The van der Waals surface area contributed by atoms with Crippen LogP contribution in [0.2, 0.25) is 5.82 Å². The zero-order valence-electron chi connectivity index (χ0n) is 7.55. The molecule has 0 aromatic heterocycles. The lowest BCUT2D eigenvalue weighted by Gasteiger charge is -2.12. The molecule has 2 unspecified atom stereocenters. The van der Waals surface area contributed by atoms with E-state index < -0.39 is 19.2 Å². The summed E-state index contributed by atoms with van der Waals surface area (Å²) in [5.41, 5.74) is 0. The minimum Gasteiger partial charge on any atom is -0.481 e. The zero-order chi connectivity index (χ0) is 10.4. The third-order valence-electron chi connectivity index (χ3n) is 1.87. The molecule has 76 valence electrons. The summed E-state index contributed by atoms with van der Waals surface area (Å²) in [4.78, 5) is 10.1. The fourth-order valence-corrected chi connectivity index (χ4v) is 0.908. The fraction of sp³-hybridized carbons (Fsp3) is 0.857. The van der Waals surface area contributed by atoms with Crippen molar-refractivity contribution in [1.29, 1.82) is 0 Å². The van der Waals surface area contributed by atoms with Crippen LogP contribution in [0.15, 0.2) is 0 Å². The highest BCUT2D eigenvalue weighted by Gasteiger charge is 2.19. The van der Waals surface area contributed by atoms with Crippen molar-refractivity contribution in [2.45, 2.75) is 38.1 Å². The highest BCUT2D eigenvalue weighted by atomic mass is 16.4. The van der Waals surface area contributed by atoms with Crippen LogP contribution in [0.5, 0.6) is 0 Å². The number of aliphatic hydroxyl groups excluding tert-OH is 1. The first-order valence-corrected chi connectivity index (χ1v) is 4.19. The maximum atomic E-state index is 10.1. The maximum Gasteiger partial charge on any atom is 0.454 e. The Kier molecular flexibility index (Phi) is 5.69. The van der Waals surface area contributed by atoms with Crippen molar-refractivity contribution >= 4 is 13.1 Å². The molecule has 0 aromatic carbocycles. The van der Waals surface area contributed by atoms with E-state index >= 15 is 0 Å². The largest absolute Gasteiger partial charge is 0.481 e. The predicted molar refractivity (Wildman–Crippen MR) is 47.1 cm³/mol. The molecule has 0 aliphatic rings. The van der Waals surface area contributed by atoms with Crippen molar-refractivity contribution in [3.63, 3.8) is 0 Å². The van der Waals surface area contributed by atoms with Gasteiger partial charge in [-0.1, -0.05) is 6.92 Å². The molecule has 0 saturated carbocycles. The number of carboxylic acid groups (broad SMARTS) is 1. The number of hydrogen-bond donors (Lipinski definition) is 4. The van der Waals surface area contributed by atoms with Gasteiger partial charge in [0, 0.05) is 0 Å². The van der Waals surface area contributed by atoms with Gasteiger partial charge in [-0.15, -0.1) is 0 Å². The third kappa shape index (κ3) is 6.56. The molecule has 5 nitrogen and oxygen atoms in total. The molecule has 0 saturated heterocycles. The maximum absolute atomic E-state index is 10.1. The number of carbonyl (C=O) groups is 1. The summed E-state index contributed by atoms with van der Waals surface area (Å²) >= 11 is 0. The molecule has 0 amide bonds. The van der Waals surface area contributed by atoms with Gasteiger partial charge in [0.2, 0.25) is 0 Å². The summed E-state index contributed by atoms with van der Waals surface area (Å²) in [6.45, 7) is 1.62. The van der Waals surface area contributed by atoms with E-state index in [1.807, 2.05) is 0 Å². The summed E-state index contributed by atoms with van der Waals surface area (Å²) in [7, 11) is -1.41. The van der Waals surface area contributed by atoms with Gasteiger partial charge in [0.25, 0.3) is 0 Å². The quantitative estimate of drug-likeness (QED) is 0.422. The Morgan fingerprint density at radius 3 is 2.31 bits per heavy atom. The molecule has 0 aliphatic heterocycles. The van der Waals surface area contributed by atoms with Crippen LogP contribution < -0.4 is 0 Å². The van der Waals surface area contributed by atoms with Gasteiger partial charge in [-0.3, -0.25) is 4.79 Å². The van der Waals surface area contributed by atoms with Gasteiger partial charge in [0.05, 0.1) is 12.5 Å². The van der Waals surface area contributed by atoms with Gasteiger partial charge in [-0.05, 0) is 18.7 Å². The van der Waals surface area contributed by atoms with E-state index in [-0.39, 0.29) is 18.7 Å². The van der Waals surface area contributed by atoms with E-state index in [0.717, 1.165) is 0 Å². The molecule has 0 spiro atoms. The van der Waals surface area contributed by atoms with Crippen molar-refractivity contribution in [2.24, 2.45) is 0 Å². The van der Waals surface area contributed by atoms with Crippen LogP contribution >= 0.6 is 0 Å². The molecule has 0 aromatic rings. The normalized spacial score (nSPS) is 15.1. The van der Waals surface area contributed by atoms with E-state index in [0.29, 0.717) is 6.42 Å². The molecule has 0 radical (unpaired) electrons. The van der Waals surface area contributed by atoms with Crippen molar-refractivity contribution in [1.82, 2.24) is 0 Å². The molecule has 2 atom stereocenters. The van der Waals surface area contributed by atoms with Crippen LogP contribution in [0.4, 0.5) is 0 Å². The Morgan fingerprint density at radius 1 is 1.38 bits per heavy atom. The number of aliphatic carboxylic acids is 1. The first-order valence-electron chi connectivity index (χ1n) is 4.19. The third-order valence-corrected chi connectivity index (χ3v) is 1.87. The molecule has 0 fully saturated rings. The molecule has 0 heterocycles. The Morgan fingerprint density at radius 2 is 1.92 bits per heavy atom. The van der Waals surface area contributed by atoms with Crippen LogP contribution in [-0.2, 0) is 4.79 Å². The molecular weight excluding hydrogens is 175 g/mol.